The highest BCUT2D eigenvalue weighted by atomic mass is 32.2. The second kappa shape index (κ2) is 7.35. The predicted octanol–water partition coefficient (Wildman–Crippen LogP) is 1.80. The van der Waals surface area contributed by atoms with Crippen LogP contribution >= 0.6 is 0 Å². The molecule has 9 heteroatoms. The van der Waals surface area contributed by atoms with Crippen molar-refractivity contribution in [3.63, 3.8) is 0 Å². The first-order valence-electron chi connectivity index (χ1n) is 7.33. The van der Waals surface area contributed by atoms with Crippen LogP contribution < -0.4 is 9.46 Å². The zero-order valence-electron chi connectivity index (χ0n) is 13.6. The molecule has 0 aliphatic heterocycles. The van der Waals surface area contributed by atoms with Gasteiger partial charge in [0.1, 0.15) is 11.3 Å². The lowest BCUT2D eigenvalue weighted by Crippen LogP contribution is -2.18. The maximum absolute atomic E-state index is 12.5. The summed E-state index contributed by atoms with van der Waals surface area (Å²) >= 11 is 0. The maximum Gasteiger partial charge on any atom is 0.343 e. The molecule has 2 aromatic rings. The summed E-state index contributed by atoms with van der Waals surface area (Å²) in [6.07, 6.45) is 1.26. The number of sulfonamides is 1. The number of hydrogen-bond donors (Lipinski definition) is 1. The predicted molar refractivity (Wildman–Crippen MR) is 87.6 cm³/mol. The van der Waals surface area contributed by atoms with Crippen LogP contribution in [0.5, 0.6) is 5.75 Å². The van der Waals surface area contributed by atoms with Crippen molar-refractivity contribution in [3.05, 3.63) is 36.0 Å². The largest absolute Gasteiger partial charge is 0.494 e. The molecule has 8 nitrogen and oxygen atoms in total. The minimum atomic E-state index is -3.88. The highest BCUT2D eigenvalue weighted by molar-refractivity contribution is 7.92. The van der Waals surface area contributed by atoms with Crippen molar-refractivity contribution in [3.8, 4) is 5.75 Å². The summed E-state index contributed by atoms with van der Waals surface area (Å²) in [7, 11) is -2.36. The van der Waals surface area contributed by atoms with E-state index in [0.29, 0.717) is 12.4 Å². The molecular formula is C15H19N3O5S. The fourth-order valence-corrected chi connectivity index (χ4v) is 3.09. The lowest BCUT2D eigenvalue weighted by Gasteiger charge is -2.11. The number of hydrogen-bond acceptors (Lipinski definition) is 6. The van der Waals surface area contributed by atoms with Gasteiger partial charge in [-0.3, -0.25) is 9.40 Å². The van der Waals surface area contributed by atoms with Crippen molar-refractivity contribution >= 4 is 21.8 Å². The van der Waals surface area contributed by atoms with E-state index in [1.165, 1.54) is 30.1 Å². The molecule has 0 bridgehead atoms. The van der Waals surface area contributed by atoms with E-state index in [0.717, 1.165) is 0 Å². The number of anilines is 1. The van der Waals surface area contributed by atoms with Crippen molar-refractivity contribution in [2.24, 2.45) is 7.05 Å². The number of nitrogens with zero attached hydrogens (tertiary/aromatic N) is 2. The van der Waals surface area contributed by atoms with Gasteiger partial charge in [-0.15, -0.1) is 0 Å². The molecule has 1 heterocycles. The Morgan fingerprint density at radius 1 is 1.21 bits per heavy atom. The molecule has 0 spiro atoms. The molecule has 0 saturated carbocycles. The van der Waals surface area contributed by atoms with Crippen LogP contribution in [0.15, 0.2) is 35.4 Å². The lowest BCUT2D eigenvalue weighted by molar-refractivity contribution is 0.0527. The summed E-state index contributed by atoms with van der Waals surface area (Å²) < 4.78 is 38.8. The van der Waals surface area contributed by atoms with E-state index in [1.54, 1.807) is 19.1 Å². The maximum atomic E-state index is 12.5. The first kappa shape index (κ1) is 17.8. The first-order valence-corrected chi connectivity index (χ1v) is 8.82. The molecule has 24 heavy (non-hydrogen) atoms. The number of rotatable bonds is 7. The van der Waals surface area contributed by atoms with Gasteiger partial charge in [0.2, 0.25) is 0 Å². The van der Waals surface area contributed by atoms with Crippen LogP contribution in [0.3, 0.4) is 0 Å². The van der Waals surface area contributed by atoms with E-state index >= 15 is 0 Å². The highest BCUT2D eigenvalue weighted by Crippen LogP contribution is 2.22. The van der Waals surface area contributed by atoms with Crippen molar-refractivity contribution in [1.82, 2.24) is 9.78 Å². The summed E-state index contributed by atoms with van der Waals surface area (Å²) in [6.45, 7) is 4.17. The molecule has 2 rings (SSSR count). The number of ether oxygens (including phenoxy) is 2. The van der Waals surface area contributed by atoms with Gasteiger partial charge in [0, 0.05) is 7.05 Å². The summed E-state index contributed by atoms with van der Waals surface area (Å²) in [5, 5.41) is 3.91. The van der Waals surface area contributed by atoms with Gasteiger partial charge in [-0.05, 0) is 38.1 Å². The van der Waals surface area contributed by atoms with E-state index in [-0.39, 0.29) is 22.9 Å². The first-order chi connectivity index (χ1) is 11.4. The molecule has 0 amide bonds. The van der Waals surface area contributed by atoms with Crippen molar-refractivity contribution in [2.45, 2.75) is 18.7 Å². The second-order valence-corrected chi connectivity index (χ2v) is 6.44. The van der Waals surface area contributed by atoms with Crippen LogP contribution in [0.25, 0.3) is 0 Å². The number of aryl methyl sites for hydroxylation is 1. The third-order valence-electron chi connectivity index (χ3n) is 3.11. The SMILES string of the molecule is CCOC(=O)c1cnn(C)c1NS(=O)(=O)c1ccc(OCC)cc1. The summed E-state index contributed by atoms with van der Waals surface area (Å²) in [4.78, 5) is 11.9. The molecular weight excluding hydrogens is 334 g/mol. The normalized spacial score (nSPS) is 11.1. The van der Waals surface area contributed by atoms with Gasteiger partial charge in [0.05, 0.1) is 24.3 Å². The van der Waals surface area contributed by atoms with Gasteiger partial charge in [-0.2, -0.15) is 5.10 Å². The Labute approximate surface area is 140 Å². The molecule has 1 N–H and O–H groups in total. The average molecular weight is 353 g/mol. The quantitative estimate of drug-likeness (QED) is 0.762. The minimum absolute atomic E-state index is 0.0435. The average Bonchev–Trinajstić information content (AvgIpc) is 2.89. The fraction of sp³-hybridized carbons (Fsp3) is 0.333. The minimum Gasteiger partial charge on any atom is -0.494 e. The van der Waals surface area contributed by atoms with E-state index < -0.39 is 16.0 Å². The molecule has 0 fully saturated rings. The standard InChI is InChI=1S/C15H19N3O5S/c1-4-22-11-6-8-12(9-7-11)24(20,21)17-14-13(10-16-18(14)3)15(19)23-5-2/h6-10,17H,4-5H2,1-3H3. The van der Waals surface area contributed by atoms with Crippen LogP contribution in [0.4, 0.5) is 5.82 Å². The van der Waals surface area contributed by atoms with Gasteiger partial charge in [0.25, 0.3) is 10.0 Å². The van der Waals surface area contributed by atoms with E-state index in [4.69, 9.17) is 9.47 Å². The van der Waals surface area contributed by atoms with E-state index in [9.17, 15) is 13.2 Å². The second-order valence-electron chi connectivity index (χ2n) is 4.76. The van der Waals surface area contributed by atoms with Crippen LogP contribution in [0, 0.1) is 0 Å². The molecule has 1 aromatic heterocycles. The molecule has 0 aliphatic carbocycles. The number of carbonyl (C=O) groups is 1. The summed E-state index contributed by atoms with van der Waals surface area (Å²) in [6, 6.07) is 5.97. The lowest BCUT2D eigenvalue weighted by atomic mass is 10.3. The van der Waals surface area contributed by atoms with Gasteiger partial charge >= 0.3 is 5.97 Å². The number of carbonyl (C=O) groups excluding carboxylic acids is 1. The van der Waals surface area contributed by atoms with Crippen LogP contribution in [0.1, 0.15) is 24.2 Å². The Kier molecular flexibility index (Phi) is 5.45. The van der Waals surface area contributed by atoms with Crippen molar-refractivity contribution in [2.75, 3.05) is 17.9 Å². The monoisotopic (exact) mass is 353 g/mol. The van der Waals surface area contributed by atoms with Crippen LogP contribution in [-0.2, 0) is 21.8 Å². The van der Waals surface area contributed by atoms with Crippen molar-refractivity contribution in [1.29, 1.82) is 0 Å². The number of nitrogens with one attached hydrogen (secondary N) is 1. The molecule has 0 atom stereocenters. The van der Waals surface area contributed by atoms with E-state index in [2.05, 4.69) is 9.82 Å². The Morgan fingerprint density at radius 3 is 2.46 bits per heavy atom. The topological polar surface area (TPSA) is 99.5 Å². The van der Waals surface area contributed by atoms with Crippen LogP contribution in [0.2, 0.25) is 0 Å². The van der Waals surface area contributed by atoms with Crippen molar-refractivity contribution < 1.29 is 22.7 Å². The molecule has 0 unspecified atom stereocenters. The Balaban J connectivity index is 2.29. The Morgan fingerprint density at radius 2 is 1.88 bits per heavy atom. The molecule has 0 saturated heterocycles. The van der Waals surface area contributed by atoms with Gasteiger partial charge in [0.15, 0.2) is 5.82 Å². The zero-order chi connectivity index (χ0) is 17.7. The fourth-order valence-electron chi connectivity index (χ4n) is 1.98. The molecule has 130 valence electrons. The van der Waals surface area contributed by atoms with Gasteiger partial charge in [-0.1, -0.05) is 0 Å². The van der Waals surface area contributed by atoms with E-state index in [1.807, 2.05) is 6.92 Å². The number of benzene rings is 1. The smallest absolute Gasteiger partial charge is 0.343 e. The van der Waals surface area contributed by atoms with Gasteiger partial charge in [-0.25, -0.2) is 13.2 Å². The third kappa shape index (κ3) is 3.85. The third-order valence-corrected chi connectivity index (χ3v) is 4.47. The molecule has 0 aliphatic rings. The zero-order valence-corrected chi connectivity index (χ0v) is 14.5. The Bertz CT molecular complexity index is 812. The molecule has 0 radical (unpaired) electrons. The number of esters is 1. The van der Waals surface area contributed by atoms with Crippen LogP contribution in [-0.4, -0.2) is 37.4 Å². The number of aromatic nitrogens is 2. The summed E-state index contributed by atoms with van der Waals surface area (Å²) in [5.74, 6) is -0.0264. The highest BCUT2D eigenvalue weighted by Gasteiger charge is 2.23. The molecule has 1 aromatic carbocycles. The Hall–Kier alpha value is -2.55. The summed E-state index contributed by atoms with van der Waals surface area (Å²) in [5.41, 5.74) is 0.0499. The van der Waals surface area contributed by atoms with Gasteiger partial charge < -0.3 is 9.47 Å².